The van der Waals surface area contributed by atoms with Crippen LogP contribution < -0.4 is 5.32 Å². The number of aromatic nitrogens is 1. The Kier molecular flexibility index (Phi) is 4.22. The highest BCUT2D eigenvalue weighted by Gasteiger charge is 2.13. The topological polar surface area (TPSA) is 24.9 Å². The molecule has 1 atom stereocenters. The molecule has 0 radical (unpaired) electrons. The van der Waals surface area contributed by atoms with Crippen molar-refractivity contribution in [1.29, 1.82) is 0 Å². The Balaban J connectivity index is 2.26. The molecule has 0 bridgehead atoms. The van der Waals surface area contributed by atoms with Crippen LogP contribution in [0.5, 0.6) is 0 Å². The Morgan fingerprint density at radius 2 is 1.68 bits per heavy atom. The summed E-state index contributed by atoms with van der Waals surface area (Å²) < 4.78 is 26.2. The van der Waals surface area contributed by atoms with Crippen LogP contribution in [0, 0.1) is 11.6 Å². The van der Waals surface area contributed by atoms with Gasteiger partial charge in [-0.05, 0) is 30.7 Å². The van der Waals surface area contributed by atoms with Crippen molar-refractivity contribution in [1.82, 2.24) is 4.98 Å². The molecular formula is C13H10Cl2F2N2. The van der Waals surface area contributed by atoms with Crippen LogP contribution in [0.15, 0.2) is 30.6 Å². The molecule has 0 fully saturated rings. The summed E-state index contributed by atoms with van der Waals surface area (Å²) in [5.74, 6) is -0.942. The van der Waals surface area contributed by atoms with Crippen LogP contribution in [0.1, 0.15) is 18.5 Å². The number of pyridine rings is 1. The van der Waals surface area contributed by atoms with Gasteiger partial charge in [-0.15, -0.1) is 0 Å². The molecular weight excluding hydrogens is 293 g/mol. The van der Waals surface area contributed by atoms with Crippen molar-refractivity contribution in [3.8, 4) is 0 Å². The standard InChI is InChI=1S/C13H10Cl2F2N2/c1-7(8-2-10(17)6-18-5-8)19-13-11(14)3-9(16)4-12(13)15/h2-7,19H,1H3. The average Bonchev–Trinajstić information content (AvgIpc) is 2.33. The lowest BCUT2D eigenvalue weighted by Crippen LogP contribution is -2.08. The van der Waals surface area contributed by atoms with Crippen LogP contribution in [0.25, 0.3) is 0 Å². The molecule has 0 aliphatic heterocycles. The largest absolute Gasteiger partial charge is 0.376 e. The fourth-order valence-electron chi connectivity index (χ4n) is 1.65. The number of rotatable bonds is 3. The predicted molar refractivity (Wildman–Crippen MR) is 72.7 cm³/mol. The third-order valence-corrected chi connectivity index (χ3v) is 3.19. The zero-order valence-corrected chi connectivity index (χ0v) is 11.4. The minimum Gasteiger partial charge on any atom is -0.376 e. The summed E-state index contributed by atoms with van der Waals surface area (Å²) in [6.07, 6.45) is 2.65. The zero-order valence-electron chi connectivity index (χ0n) is 9.92. The van der Waals surface area contributed by atoms with Crippen molar-refractivity contribution in [2.24, 2.45) is 0 Å². The van der Waals surface area contributed by atoms with E-state index in [9.17, 15) is 8.78 Å². The lowest BCUT2D eigenvalue weighted by molar-refractivity contribution is 0.616. The molecule has 0 aliphatic rings. The van der Waals surface area contributed by atoms with Gasteiger partial charge in [-0.1, -0.05) is 23.2 Å². The second-order valence-corrected chi connectivity index (χ2v) is 4.86. The Morgan fingerprint density at radius 3 is 2.26 bits per heavy atom. The summed E-state index contributed by atoms with van der Waals surface area (Å²) in [4.78, 5) is 3.76. The molecule has 6 heteroatoms. The molecule has 1 aromatic heterocycles. The molecule has 2 aromatic rings. The third-order valence-electron chi connectivity index (χ3n) is 2.59. The minimum atomic E-state index is -0.513. The number of nitrogens with zero attached hydrogens (tertiary/aromatic N) is 1. The number of anilines is 1. The molecule has 0 saturated carbocycles. The number of hydrogen-bond acceptors (Lipinski definition) is 2. The van der Waals surface area contributed by atoms with Gasteiger partial charge in [0.25, 0.3) is 0 Å². The van der Waals surface area contributed by atoms with E-state index in [2.05, 4.69) is 10.3 Å². The second kappa shape index (κ2) is 5.72. The van der Waals surface area contributed by atoms with E-state index in [4.69, 9.17) is 23.2 Å². The summed E-state index contributed by atoms with van der Waals surface area (Å²) in [5, 5.41) is 3.35. The van der Waals surface area contributed by atoms with Crippen molar-refractivity contribution < 1.29 is 8.78 Å². The van der Waals surface area contributed by atoms with Gasteiger partial charge in [0.1, 0.15) is 11.6 Å². The maximum absolute atomic E-state index is 13.1. The Hall–Kier alpha value is -1.39. The Bertz CT molecular complexity index is 582. The quantitative estimate of drug-likeness (QED) is 0.877. The third kappa shape index (κ3) is 3.33. The summed E-state index contributed by atoms with van der Waals surface area (Å²) >= 11 is 11.8. The average molecular weight is 303 g/mol. The molecule has 1 aromatic carbocycles. The molecule has 1 unspecified atom stereocenters. The molecule has 1 heterocycles. The van der Waals surface area contributed by atoms with Gasteiger partial charge in [0.15, 0.2) is 0 Å². The number of hydrogen-bond donors (Lipinski definition) is 1. The summed E-state index contributed by atoms with van der Waals surface area (Å²) in [6.45, 7) is 1.80. The molecule has 0 amide bonds. The first-order valence-corrected chi connectivity index (χ1v) is 6.24. The maximum atomic E-state index is 13.1. The maximum Gasteiger partial charge on any atom is 0.141 e. The summed E-state index contributed by atoms with van der Waals surface area (Å²) in [7, 11) is 0. The van der Waals surface area contributed by atoms with Crippen molar-refractivity contribution in [2.75, 3.05) is 5.32 Å². The Morgan fingerprint density at radius 1 is 1.05 bits per heavy atom. The molecule has 0 aliphatic carbocycles. The molecule has 2 nitrogen and oxygen atoms in total. The van der Waals surface area contributed by atoms with Gasteiger partial charge >= 0.3 is 0 Å². The van der Waals surface area contributed by atoms with Crippen molar-refractivity contribution in [2.45, 2.75) is 13.0 Å². The highest BCUT2D eigenvalue weighted by molar-refractivity contribution is 6.39. The number of benzene rings is 1. The molecule has 100 valence electrons. The van der Waals surface area contributed by atoms with E-state index in [-0.39, 0.29) is 16.1 Å². The molecule has 1 N–H and O–H groups in total. The lowest BCUT2D eigenvalue weighted by Gasteiger charge is -2.17. The van der Waals surface area contributed by atoms with E-state index < -0.39 is 11.6 Å². The van der Waals surface area contributed by atoms with Gasteiger partial charge in [-0.3, -0.25) is 4.98 Å². The molecule has 0 spiro atoms. The predicted octanol–water partition coefficient (Wildman–Crippen LogP) is 4.84. The van der Waals surface area contributed by atoms with Gasteiger partial charge < -0.3 is 5.32 Å². The number of nitrogens with one attached hydrogen (secondary N) is 1. The van der Waals surface area contributed by atoms with Crippen LogP contribution >= 0.6 is 23.2 Å². The zero-order chi connectivity index (χ0) is 14.0. The van der Waals surface area contributed by atoms with Gasteiger partial charge in [0.05, 0.1) is 28.0 Å². The van der Waals surface area contributed by atoms with Crippen LogP contribution in [-0.4, -0.2) is 4.98 Å². The highest BCUT2D eigenvalue weighted by atomic mass is 35.5. The molecule has 2 rings (SSSR count). The second-order valence-electron chi connectivity index (χ2n) is 4.05. The first kappa shape index (κ1) is 14.0. The van der Waals surface area contributed by atoms with E-state index in [0.717, 1.165) is 18.3 Å². The van der Waals surface area contributed by atoms with Gasteiger partial charge in [0.2, 0.25) is 0 Å². The first-order valence-electron chi connectivity index (χ1n) is 5.49. The highest BCUT2D eigenvalue weighted by Crippen LogP contribution is 2.33. The van der Waals surface area contributed by atoms with E-state index in [1.807, 2.05) is 0 Å². The summed E-state index contributed by atoms with van der Waals surface area (Å²) in [5.41, 5.74) is 1.04. The Labute approximate surface area is 119 Å². The van der Waals surface area contributed by atoms with Crippen molar-refractivity contribution in [3.05, 3.63) is 57.8 Å². The van der Waals surface area contributed by atoms with Crippen LogP contribution in [-0.2, 0) is 0 Å². The first-order chi connectivity index (χ1) is 8.97. The minimum absolute atomic E-state index is 0.168. The normalized spacial score (nSPS) is 12.3. The lowest BCUT2D eigenvalue weighted by atomic mass is 10.1. The van der Waals surface area contributed by atoms with Gasteiger partial charge in [0, 0.05) is 6.20 Å². The van der Waals surface area contributed by atoms with E-state index in [1.165, 1.54) is 12.3 Å². The fourth-order valence-corrected chi connectivity index (χ4v) is 2.21. The SMILES string of the molecule is CC(Nc1c(Cl)cc(F)cc1Cl)c1cncc(F)c1. The van der Waals surface area contributed by atoms with Crippen LogP contribution in [0.2, 0.25) is 10.0 Å². The van der Waals surface area contributed by atoms with Crippen molar-refractivity contribution >= 4 is 28.9 Å². The van der Waals surface area contributed by atoms with Crippen LogP contribution in [0.3, 0.4) is 0 Å². The van der Waals surface area contributed by atoms with Gasteiger partial charge in [-0.25, -0.2) is 8.78 Å². The number of halogens is 4. The van der Waals surface area contributed by atoms with E-state index >= 15 is 0 Å². The van der Waals surface area contributed by atoms with Crippen LogP contribution in [0.4, 0.5) is 14.5 Å². The summed E-state index contributed by atoms with van der Waals surface area (Å²) in [6, 6.07) is 3.40. The van der Waals surface area contributed by atoms with E-state index in [0.29, 0.717) is 11.3 Å². The molecule has 0 saturated heterocycles. The monoisotopic (exact) mass is 302 g/mol. The fraction of sp³-hybridized carbons (Fsp3) is 0.154. The van der Waals surface area contributed by atoms with Crippen molar-refractivity contribution in [3.63, 3.8) is 0 Å². The van der Waals surface area contributed by atoms with E-state index in [1.54, 1.807) is 6.92 Å². The molecule has 19 heavy (non-hydrogen) atoms. The smallest absolute Gasteiger partial charge is 0.141 e. The van der Waals surface area contributed by atoms with Gasteiger partial charge in [-0.2, -0.15) is 0 Å².